The summed E-state index contributed by atoms with van der Waals surface area (Å²) in [7, 11) is 0. The van der Waals surface area contributed by atoms with Crippen molar-refractivity contribution in [2.45, 2.75) is 13.8 Å². The molecule has 0 aliphatic heterocycles. The van der Waals surface area contributed by atoms with Crippen molar-refractivity contribution in [3.63, 3.8) is 0 Å². The standard InChI is InChI=1S/C20H22ClNO5/c1-3-25-10-11-26-20(24)15-4-7-17(8-5-15)22-19(23)13-27-18-9-6-16(21)12-14(18)2/h4-9,12H,3,10-11,13H2,1-2H3,(H,22,23). The third-order valence-electron chi connectivity index (χ3n) is 3.57. The van der Waals surface area contributed by atoms with E-state index in [0.29, 0.717) is 35.2 Å². The largest absolute Gasteiger partial charge is 0.483 e. The zero-order valence-corrected chi connectivity index (χ0v) is 16.0. The summed E-state index contributed by atoms with van der Waals surface area (Å²) < 4.78 is 15.7. The Morgan fingerprint density at radius 3 is 2.48 bits per heavy atom. The van der Waals surface area contributed by atoms with E-state index in [1.807, 2.05) is 13.8 Å². The van der Waals surface area contributed by atoms with E-state index in [1.54, 1.807) is 42.5 Å². The molecule has 0 bridgehead atoms. The topological polar surface area (TPSA) is 73.9 Å². The number of rotatable bonds is 9. The summed E-state index contributed by atoms with van der Waals surface area (Å²) in [5.41, 5.74) is 1.81. The minimum absolute atomic E-state index is 0.135. The Morgan fingerprint density at radius 1 is 1.07 bits per heavy atom. The van der Waals surface area contributed by atoms with Crippen LogP contribution in [0.1, 0.15) is 22.8 Å². The van der Waals surface area contributed by atoms with Crippen molar-refractivity contribution in [3.05, 3.63) is 58.6 Å². The third kappa shape index (κ3) is 6.92. The molecule has 27 heavy (non-hydrogen) atoms. The highest BCUT2D eigenvalue weighted by Crippen LogP contribution is 2.21. The molecule has 0 spiro atoms. The van der Waals surface area contributed by atoms with E-state index in [1.165, 1.54) is 0 Å². The van der Waals surface area contributed by atoms with Crippen molar-refractivity contribution in [1.82, 2.24) is 0 Å². The SMILES string of the molecule is CCOCCOC(=O)c1ccc(NC(=O)COc2ccc(Cl)cc2C)cc1. The smallest absolute Gasteiger partial charge is 0.338 e. The Balaban J connectivity index is 1.81. The molecule has 2 aromatic carbocycles. The second-order valence-electron chi connectivity index (χ2n) is 5.66. The Kier molecular flexibility index (Phi) is 8.10. The number of amides is 1. The van der Waals surface area contributed by atoms with Crippen LogP contribution in [0.25, 0.3) is 0 Å². The van der Waals surface area contributed by atoms with Gasteiger partial charge in [-0.15, -0.1) is 0 Å². The lowest BCUT2D eigenvalue weighted by molar-refractivity contribution is -0.118. The number of esters is 1. The number of hydrogen-bond donors (Lipinski definition) is 1. The van der Waals surface area contributed by atoms with Gasteiger partial charge in [0.05, 0.1) is 12.2 Å². The van der Waals surface area contributed by atoms with E-state index < -0.39 is 5.97 Å². The van der Waals surface area contributed by atoms with E-state index in [4.69, 9.17) is 25.8 Å². The molecule has 1 N–H and O–H groups in total. The van der Waals surface area contributed by atoms with Gasteiger partial charge >= 0.3 is 5.97 Å². The van der Waals surface area contributed by atoms with Crippen LogP contribution in [0, 0.1) is 6.92 Å². The van der Waals surface area contributed by atoms with Crippen LogP contribution in [0.2, 0.25) is 5.02 Å². The van der Waals surface area contributed by atoms with Crippen LogP contribution in [0.15, 0.2) is 42.5 Å². The van der Waals surface area contributed by atoms with Gasteiger partial charge in [-0.2, -0.15) is 0 Å². The molecule has 0 fully saturated rings. The molecule has 1 amide bonds. The molecule has 0 radical (unpaired) electrons. The van der Waals surface area contributed by atoms with Crippen molar-refractivity contribution < 1.29 is 23.8 Å². The van der Waals surface area contributed by atoms with Gasteiger partial charge in [-0.05, 0) is 61.9 Å². The second-order valence-corrected chi connectivity index (χ2v) is 6.09. The Bertz CT molecular complexity index is 776. The summed E-state index contributed by atoms with van der Waals surface area (Å²) in [6.07, 6.45) is 0. The molecule has 0 saturated carbocycles. The summed E-state index contributed by atoms with van der Waals surface area (Å²) in [5.74, 6) is -0.148. The first-order chi connectivity index (χ1) is 13.0. The second kappa shape index (κ2) is 10.5. The molecular weight excluding hydrogens is 370 g/mol. The van der Waals surface area contributed by atoms with Gasteiger partial charge in [-0.1, -0.05) is 11.6 Å². The molecule has 0 aromatic heterocycles. The fourth-order valence-electron chi connectivity index (χ4n) is 2.23. The average Bonchev–Trinajstić information content (AvgIpc) is 2.65. The number of benzene rings is 2. The number of carbonyl (C=O) groups is 2. The summed E-state index contributed by atoms with van der Waals surface area (Å²) in [6.45, 7) is 4.73. The quantitative estimate of drug-likeness (QED) is 0.519. The van der Waals surface area contributed by atoms with E-state index in [2.05, 4.69) is 5.32 Å². The fraction of sp³-hybridized carbons (Fsp3) is 0.300. The molecule has 144 valence electrons. The highest BCUT2D eigenvalue weighted by Gasteiger charge is 2.09. The summed E-state index contributed by atoms with van der Waals surface area (Å²) in [5, 5.41) is 3.32. The molecule has 0 saturated heterocycles. The minimum atomic E-state index is -0.436. The van der Waals surface area contributed by atoms with Crippen LogP contribution in [0.5, 0.6) is 5.75 Å². The molecule has 7 heteroatoms. The lowest BCUT2D eigenvalue weighted by Gasteiger charge is -2.10. The van der Waals surface area contributed by atoms with E-state index in [9.17, 15) is 9.59 Å². The lowest BCUT2D eigenvalue weighted by atomic mass is 10.2. The molecule has 6 nitrogen and oxygen atoms in total. The van der Waals surface area contributed by atoms with Gasteiger partial charge in [0.25, 0.3) is 5.91 Å². The maximum absolute atomic E-state index is 12.0. The molecule has 0 atom stereocenters. The van der Waals surface area contributed by atoms with Gasteiger partial charge in [0, 0.05) is 17.3 Å². The zero-order valence-electron chi connectivity index (χ0n) is 15.3. The average molecular weight is 392 g/mol. The van der Waals surface area contributed by atoms with Crippen molar-refractivity contribution in [2.75, 3.05) is 31.7 Å². The first kappa shape index (κ1) is 20.7. The van der Waals surface area contributed by atoms with Gasteiger partial charge in [0.15, 0.2) is 6.61 Å². The lowest BCUT2D eigenvalue weighted by Crippen LogP contribution is -2.20. The predicted molar refractivity (Wildman–Crippen MR) is 104 cm³/mol. The molecular formula is C20H22ClNO5. The van der Waals surface area contributed by atoms with Gasteiger partial charge in [-0.25, -0.2) is 4.79 Å². The number of anilines is 1. The Labute approximate surface area is 163 Å². The van der Waals surface area contributed by atoms with Crippen LogP contribution < -0.4 is 10.1 Å². The van der Waals surface area contributed by atoms with Crippen LogP contribution in [-0.2, 0) is 14.3 Å². The van der Waals surface area contributed by atoms with Crippen LogP contribution in [0.3, 0.4) is 0 Å². The van der Waals surface area contributed by atoms with Gasteiger partial charge in [0.1, 0.15) is 12.4 Å². The predicted octanol–water partition coefficient (Wildman–Crippen LogP) is 3.86. The van der Waals surface area contributed by atoms with E-state index in [-0.39, 0.29) is 19.1 Å². The van der Waals surface area contributed by atoms with Crippen molar-refractivity contribution in [1.29, 1.82) is 0 Å². The normalized spacial score (nSPS) is 10.3. The first-order valence-corrected chi connectivity index (χ1v) is 8.91. The van der Waals surface area contributed by atoms with E-state index in [0.717, 1.165) is 5.56 Å². The summed E-state index contributed by atoms with van der Waals surface area (Å²) in [6, 6.07) is 11.6. The van der Waals surface area contributed by atoms with Crippen molar-refractivity contribution in [2.24, 2.45) is 0 Å². The van der Waals surface area contributed by atoms with Crippen molar-refractivity contribution >= 4 is 29.2 Å². The van der Waals surface area contributed by atoms with Crippen LogP contribution in [-0.4, -0.2) is 38.3 Å². The van der Waals surface area contributed by atoms with Crippen LogP contribution >= 0.6 is 11.6 Å². The minimum Gasteiger partial charge on any atom is -0.483 e. The first-order valence-electron chi connectivity index (χ1n) is 8.53. The number of halogens is 1. The Morgan fingerprint density at radius 2 is 1.81 bits per heavy atom. The summed E-state index contributed by atoms with van der Waals surface area (Å²) in [4.78, 5) is 23.9. The molecule has 2 rings (SSSR count). The summed E-state index contributed by atoms with van der Waals surface area (Å²) >= 11 is 5.89. The molecule has 0 aliphatic carbocycles. The fourth-order valence-corrected chi connectivity index (χ4v) is 2.45. The molecule has 0 aliphatic rings. The van der Waals surface area contributed by atoms with Gasteiger partial charge < -0.3 is 19.5 Å². The van der Waals surface area contributed by atoms with Crippen molar-refractivity contribution in [3.8, 4) is 5.75 Å². The number of aryl methyl sites for hydroxylation is 1. The molecule has 0 heterocycles. The molecule has 2 aromatic rings. The third-order valence-corrected chi connectivity index (χ3v) is 3.80. The zero-order chi connectivity index (χ0) is 19.6. The van der Waals surface area contributed by atoms with Gasteiger partial charge in [-0.3, -0.25) is 4.79 Å². The number of hydrogen-bond acceptors (Lipinski definition) is 5. The van der Waals surface area contributed by atoms with Crippen LogP contribution in [0.4, 0.5) is 5.69 Å². The number of ether oxygens (including phenoxy) is 3. The maximum Gasteiger partial charge on any atom is 0.338 e. The Hall–Kier alpha value is -2.57. The highest BCUT2D eigenvalue weighted by atomic mass is 35.5. The monoisotopic (exact) mass is 391 g/mol. The van der Waals surface area contributed by atoms with Gasteiger partial charge in [0.2, 0.25) is 0 Å². The number of nitrogens with one attached hydrogen (secondary N) is 1. The highest BCUT2D eigenvalue weighted by molar-refractivity contribution is 6.30. The number of carbonyl (C=O) groups excluding carboxylic acids is 2. The van der Waals surface area contributed by atoms with E-state index >= 15 is 0 Å². The molecule has 0 unspecified atom stereocenters. The maximum atomic E-state index is 12.0.